The lowest BCUT2D eigenvalue weighted by atomic mass is 10.0. The van der Waals surface area contributed by atoms with Crippen molar-refractivity contribution in [3.05, 3.63) is 71.8 Å². The van der Waals surface area contributed by atoms with Gasteiger partial charge in [0.2, 0.25) is 0 Å². The quantitative estimate of drug-likeness (QED) is 0.479. The maximum absolute atomic E-state index is 5.58. The summed E-state index contributed by atoms with van der Waals surface area (Å²) < 4.78 is 10.9. The van der Waals surface area contributed by atoms with E-state index in [-0.39, 0.29) is 0 Å². The highest BCUT2D eigenvalue weighted by Crippen LogP contribution is 2.37. The van der Waals surface area contributed by atoms with Gasteiger partial charge >= 0.3 is 0 Å². The van der Waals surface area contributed by atoms with Crippen molar-refractivity contribution < 1.29 is 9.47 Å². The molecular weight excluding hydrogens is 362 g/mol. The summed E-state index contributed by atoms with van der Waals surface area (Å²) in [4.78, 5) is 0. The third-order valence-corrected chi connectivity index (χ3v) is 5.00. The molecule has 0 aliphatic rings. The molecule has 1 heterocycles. The van der Waals surface area contributed by atoms with Crippen molar-refractivity contribution in [2.75, 3.05) is 19.5 Å². The minimum atomic E-state index is 0.694. The summed E-state index contributed by atoms with van der Waals surface area (Å²) in [5.41, 5.74) is 5.01. The Balaban J connectivity index is 1.86. The molecule has 0 amide bonds. The molecule has 4 rings (SSSR count). The van der Waals surface area contributed by atoms with Gasteiger partial charge in [-0.2, -0.15) is 0 Å². The molecule has 0 atom stereocenters. The van der Waals surface area contributed by atoms with Gasteiger partial charge in [-0.3, -0.25) is 0 Å². The Morgan fingerprint density at radius 3 is 2.34 bits per heavy atom. The molecule has 5 heteroatoms. The molecule has 0 bridgehead atoms. The monoisotopic (exact) mass is 385 g/mol. The molecule has 1 aromatic heterocycles. The fourth-order valence-electron chi connectivity index (χ4n) is 3.39. The van der Waals surface area contributed by atoms with Crippen LogP contribution in [0.15, 0.2) is 60.7 Å². The zero-order chi connectivity index (χ0) is 20.4. The number of nitrogens with zero attached hydrogens (tertiary/aromatic N) is 2. The number of hydrogen-bond acceptors (Lipinski definition) is 5. The van der Waals surface area contributed by atoms with E-state index in [0.717, 1.165) is 44.8 Å². The molecule has 0 spiro atoms. The zero-order valence-electron chi connectivity index (χ0n) is 17.0. The Bertz CT molecular complexity index is 1190. The summed E-state index contributed by atoms with van der Waals surface area (Å²) in [7, 11) is 3.28. The summed E-state index contributed by atoms with van der Waals surface area (Å²) >= 11 is 0. The van der Waals surface area contributed by atoms with Crippen LogP contribution in [0.4, 0.5) is 11.5 Å². The molecule has 1 N–H and O–H groups in total. The van der Waals surface area contributed by atoms with Crippen LogP contribution in [0.5, 0.6) is 11.5 Å². The van der Waals surface area contributed by atoms with Crippen LogP contribution >= 0.6 is 0 Å². The van der Waals surface area contributed by atoms with Crippen molar-refractivity contribution in [2.45, 2.75) is 13.8 Å². The average molecular weight is 385 g/mol. The van der Waals surface area contributed by atoms with Crippen molar-refractivity contribution in [1.29, 1.82) is 0 Å². The Hall–Kier alpha value is -3.60. The van der Waals surface area contributed by atoms with E-state index in [2.05, 4.69) is 59.7 Å². The molecule has 0 unspecified atom stereocenters. The van der Waals surface area contributed by atoms with Crippen molar-refractivity contribution in [3.8, 4) is 22.8 Å². The molecule has 5 nitrogen and oxygen atoms in total. The summed E-state index contributed by atoms with van der Waals surface area (Å²) in [6.45, 7) is 4.15. The molecule has 0 aliphatic carbocycles. The van der Waals surface area contributed by atoms with E-state index in [1.807, 2.05) is 30.3 Å². The lowest BCUT2D eigenvalue weighted by Gasteiger charge is -2.15. The van der Waals surface area contributed by atoms with E-state index in [1.165, 1.54) is 5.56 Å². The summed E-state index contributed by atoms with van der Waals surface area (Å²) in [5.74, 6) is 2.15. The number of anilines is 2. The third kappa shape index (κ3) is 3.59. The number of aryl methyl sites for hydroxylation is 2. The number of aromatic nitrogens is 2. The highest BCUT2D eigenvalue weighted by Gasteiger charge is 2.15. The summed E-state index contributed by atoms with van der Waals surface area (Å²) in [6, 6.07) is 20.1. The number of methoxy groups -OCH3 is 2. The first-order chi connectivity index (χ1) is 14.1. The van der Waals surface area contributed by atoms with E-state index in [4.69, 9.17) is 9.47 Å². The predicted molar refractivity (Wildman–Crippen MR) is 117 cm³/mol. The van der Waals surface area contributed by atoms with Gasteiger partial charge < -0.3 is 14.8 Å². The van der Waals surface area contributed by atoms with E-state index < -0.39 is 0 Å². The maximum atomic E-state index is 5.58. The van der Waals surface area contributed by atoms with Gasteiger partial charge in [-0.15, -0.1) is 10.2 Å². The van der Waals surface area contributed by atoms with E-state index in [9.17, 15) is 0 Å². The van der Waals surface area contributed by atoms with Gasteiger partial charge in [0.15, 0.2) is 5.82 Å². The van der Waals surface area contributed by atoms with Crippen LogP contribution < -0.4 is 14.8 Å². The largest absolute Gasteiger partial charge is 0.497 e. The standard InChI is InChI=1S/C24H23N3O2/c1-15-9-10-16(2)21(13-15)25-24-19-8-6-5-7-18(19)23(26-27-24)20-12-11-17(28-3)14-22(20)29-4/h5-14H,1-4H3,(H,25,27). The van der Waals surface area contributed by atoms with Crippen LogP contribution in [0.3, 0.4) is 0 Å². The molecule has 146 valence electrons. The summed E-state index contributed by atoms with van der Waals surface area (Å²) in [5, 5.41) is 14.5. The van der Waals surface area contributed by atoms with Crippen molar-refractivity contribution in [2.24, 2.45) is 0 Å². The van der Waals surface area contributed by atoms with E-state index >= 15 is 0 Å². The molecule has 29 heavy (non-hydrogen) atoms. The van der Waals surface area contributed by atoms with Crippen molar-refractivity contribution in [3.63, 3.8) is 0 Å². The smallest absolute Gasteiger partial charge is 0.161 e. The lowest BCUT2D eigenvalue weighted by molar-refractivity contribution is 0.395. The van der Waals surface area contributed by atoms with Crippen LogP contribution in [0.1, 0.15) is 11.1 Å². The Morgan fingerprint density at radius 2 is 1.59 bits per heavy atom. The Morgan fingerprint density at radius 1 is 0.793 bits per heavy atom. The topological polar surface area (TPSA) is 56.3 Å². The first kappa shape index (κ1) is 18.7. The van der Waals surface area contributed by atoms with Gasteiger partial charge in [-0.25, -0.2) is 0 Å². The van der Waals surface area contributed by atoms with Crippen LogP contribution in [-0.4, -0.2) is 24.4 Å². The third-order valence-electron chi connectivity index (χ3n) is 5.00. The second-order valence-electron chi connectivity index (χ2n) is 6.95. The minimum Gasteiger partial charge on any atom is -0.497 e. The number of nitrogens with one attached hydrogen (secondary N) is 1. The van der Waals surface area contributed by atoms with Gasteiger partial charge in [-0.05, 0) is 43.2 Å². The van der Waals surface area contributed by atoms with Gasteiger partial charge in [0.1, 0.15) is 17.2 Å². The van der Waals surface area contributed by atoms with Crippen LogP contribution in [0.2, 0.25) is 0 Å². The molecule has 3 aromatic carbocycles. The second kappa shape index (κ2) is 7.80. The molecule has 0 fully saturated rings. The highest BCUT2D eigenvalue weighted by atomic mass is 16.5. The van der Waals surface area contributed by atoms with Gasteiger partial charge in [0.05, 0.1) is 14.2 Å². The SMILES string of the molecule is COc1ccc(-c2nnc(Nc3cc(C)ccc3C)c3ccccc23)c(OC)c1. The van der Waals surface area contributed by atoms with Gasteiger partial charge in [0.25, 0.3) is 0 Å². The molecule has 0 aliphatic heterocycles. The molecule has 0 radical (unpaired) electrons. The number of benzene rings is 3. The van der Waals surface area contributed by atoms with Crippen LogP contribution in [-0.2, 0) is 0 Å². The minimum absolute atomic E-state index is 0.694. The van der Waals surface area contributed by atoms with Crippen molar-refractivity contribution >= 4 is 22.3 Å². The molecule has 0 saturated heterocycles. The van der Waals surface area contributed by atoms with Crippen LogP contribution in [0, 0.1) is 13.8 Å². The highest BCUT2D eigenvalue weighted by molar-refractivity contribution is 6.01. The Kier molecular flexibility index (Phi) is 5.04. The number of hydrogen-bond donors (Lipinski definition) is 1. The molecule has 4 aromatic rings. The average Bonchev–Trinajstić information content (AvgIpc) is 2.76. The first-order valence-electron chi connectivity index (χ1n) is 9.43. The lowest BCUT2D eigenvalue weighted by Crippen LogP contribution is -2.01. The number of rotatable bonds is 5. The predicted octanol–water partition coefficient (Wildman–Crippen LogP) is 5.67. The fraction of sp³-hybridized carbons (Fsp3) is 0.167. The number of ether oxygens (including phenoxy) is 2. The number of fused-ring (bicyclic) bond motifs is 1. The van der Waals surface area contributed by atoms with Gasteiger partial charge in [-0.1, -0.05) is 36.4 Å². The normalized spacial score (nSPS) is 10.8. The van der Waals surface area contributed by atoms with E-state index in [0.29, 0.717) is 5.75 Å². The maximum Gasteiger partial charge on any atom is 0.161 e. The van der Waals surface area contributed by atoms with Gasteiger partial charge in [0, 0.05) is 28.1 Å². The molecule has 0 saturated carbocycles. The Labute approximate surface area is 170 Å². The fourth-order valence-corrected chi connectivity index (χ4v) is 3.39. The van der Waals surface area contributed by atoms with Crippen molar-refractivity contribution in [1.82, 2.24) is 10.2 Å². The first-order valence-corrected chi connectivity index (χ1v) is 9.43. The van der Waals surface area contributed by atoms with E-state index in [1.54, 1.807) is 14.2 Å². The zero-order valence-corrected chi connectivity index (χ0v) is 17.0. The van der Waals surface area contributed by atoms with Crippen LogP contribution in [0.25, 0.3) is 22.0 Å². The molecular formula is C24H23N3O2. The second-order valence-corrected chi connectivity index (χ2v) is 6.95. The summed E-state index contributed by atoms with van der Waals surface area (Å²) in [6.07, 6.45) is 0.